The highest BCUT2D eigenvalue weighted by Crippen LogP contribution is 2.31. The van der Waals surface area contributed by atoms with E-state index in [-0.39, 0.29) is 0 Å². The highest BCUT2D eigenvalue weighted by atomic mass is 35.5. The van der Waals surface area contributed by atoms with Gasteiger partial charge in [0, 0.05) is 18.2 Å². The second-order valence-corrected chi connectivity index (χ2v) is 5.16. The maximum Gasteiger partial charge on any atom is 0.223 e. The monoisotopic (exact) mass is 336 g/mol. The standard InChI is InChI=1S/C13H10Cl2N6O/c1-22-5-8-11(7-2-3-9(14)10(15)4-7)16-6-17-12(8)13-18-20-21-19-13/h2-4,6H,5H2,1H3,(H,18,19,20,21). The minimum Gasteiger partial charge on any atom is -0.380 e. The fourth-order valence-electron chi connectivity index (χ4n) is 2.04. The number of hydrogen-bond acceptors (Lipinski definition) is 6. The van der Waals surface area contributed by atoms with Crippen molar-refractivity contribution >= 4 is 23.2 Å². The number of rotatable bonds is 4. The molecule has 1 N–H and O–H groups in total. The number of aromatic amines is 1. The van der Waals surface area contributed by atoms with Gasteiger partial charge < -0.3 is 4.74 Å². The van der Waals surface area contributed by atoms with E-state index in [0.29, 0.717) is 33.9 Å². The molecule has 0 aliphatic rings. The van der Waals surface area contributed by atoms with Gasteiger partial charge in [-0.2, -0.15) is 5.21 Å². The molecule has 0 fully saturated rings. The molecule has 112 valence electrons. The van der Waals surface area contributed by atoms with Gasteiger partial charge in [0.2, 0.25) is 5.82 Å². The molecule has 2 aromatic heterocycles. The van der Waals surface area contributed by atoms with Crippen LogP contribution in [0.3, 0.4) is 0 Å². The van der Waals surface area contributed by atoms with E-state index in [1.807, 2.05) is 6.07 Å². The number of aromatic nitrogens is 6. The Kier molecular flexibility index (Phi) is 4.28. The molecule has 7 nitrogen and oxygen atoms in total. The molecule has 0 saturated heterocycles. The van der Waals surface area contributed by atoms with Crippen LogP contribution < -0.4 is 0 Å². The first-order valence-electron chi connectivity index (χ1n) is 6.22. The average molecular weight is 337 g/mol. The zero-order valence-electron chi connectivity index (χ0n) is 11.4. The van der Waals surface area contributed by atoms with Gasteiger partial charge in [-0.05, 0) is 17.3 Å². The highest BCUT2D eigenvalue weighted by Gasteiger charge is 2.18. The van der Waals surface area contributed by atoms with Gasteiger partial charge in [-0.25, -0.2) is 9.97 Å². The van der Waals surface area contributed by atoms with Crippen molar-refractivity contribution in [2.24, 2.45) is 0 Å². The molecule has 0 amide bonds. The predicted molar refractivity (Wildman–Crippen MR) is 81.4 cm³/mol. The first kappa shape index (κ1) is 14.8. The second kappa shape index (κ2) is 6.35. The van der Waals surface area contributed by atoms with E-state index in [0.717, 1.165) is 11.1 Å². The molecule has 22 heavy (non-hydrogen) atoms. The van der Waals surface area contributed by atoms with Crippen LogP contribution in [-0.2, 0) is 11.3 Å². The van der Waals surface area contributed by atoms with Crippen LogP contribution in [0.5, 0.6) is 0 Å². The summed E-state index contributed by atoms with van der Waals surface area (Å²) >= 11 is 12.0. The van der Waals surface area contributed by atoms with E-state index >= 15 is 0 Å². The molecule has 0 aliphatic heterocycles. The number of tetrazole rings is 1. The molecular weight excluding hydrogens is 327 g/mol. The van der Waals surface area contributed by atoms with Gasteiger partial charge in [0.15, 0.2) is 0 Å². The van der Waals surface area contributed by atoms with Crippen LogP contribution >= 0.6 is 23.2 Å². The zero-order valence-corrected chi connectivity index (χ0v) is 12.9. The maximum atomic E-state index is 6.09. The lowest BCUT2D eigenvalue weighted by Crippen LogP contribution is -2.02. The SMILES string of the molecule is COCc1c(-c2ccc(Cl)c(Cl)c2)ncnc1-c1nn[nH]n1. The number of nitrogens with one attached hydrogen (secondary N) is 1. The fraction of sp³-hybridized carbons (Fsp3) is 0.154. The molecular formula is C13H10Cl2N6O. The van der Waals surface area contributed by atoms with Crippen LogP contribution in [0.25, 0.3) is 22.8 Å². The zero-order chi connectivity index (χ0) is 15.5. The van der Waals surface area contributed by atoms with Gasteiger partial charge >= 0.3 is 0 Å². The topological polar surface area (TPSA) is 89.5 Å². The Morgan fingerprint density at radius 3 is 2.64 bits per heavy atom. The van der Waals surface area contributed by atoms with Gasteiger partial charge in [0.25, 0.3) is 0 Å². The lowest BCUT2D eigenvalue weighted by molar-refractivity contribution is 0.185. The van der Waals surface area contributed by atoms with Crippen LogP contribution in [0.2, 0.25) is 10.0 Å². The van der Waals surface area contributed by atoms with E-state index in [4.69, 9.17) is 27.9 Å². The largest absolute Gasteiger partial charge is 0.380 e. The summed E-state index contributed by atoms with van der Waals surface area (Å²) in [6.07, 6.45) is 1.43. The van der Waals surface area contributed by atoms with Crippen molar-refractivity contribution in [1.29, 1.82) is 0 Å². The van der Waals surface area contributed by atoms with Gasteiger partial charge in [0.05, 0.1) is 22.3 Å². The van der Waals surface area contributed by atoms with E-state index in [2.05, 4.69) is 30.6 Å². The summed E-state index contributed by atoms with van der Waals surface area (Å²) in [6, 6.07) is 5.28. The molecule has 0 radical (unpaired) electrons. The number of halogens is 2. The van der Waals surface area contributed by atoms with Crippen LogP contribution in [0.1, 0.15) is 5.56 Å². The molecule has 1 aromatic carbocycles. The van der Waals surface area contributed by atoms with Crippen LogP contribution in [0.4, 0.5) is 0 Å². The van der Waals surface area contributed by atoms with Gasteiger partial charge in [0.1, 0.15) is 12.0 Å². The number of benzene rings is 1. The maximum absolute atomic E-state index is 6.09. The quantitative estimate of drug-likeness (QED) is 0.787. The van der Waals surface area contributed by atoms with Crippen molar-refractivity contribution < 1.29 is 4.74 Å². The van der Waals surface area contributed by atoms with Crippen LogP contribution in [0.15, 0.2) is 24.5 Å². The molecule has 9 heteroatoms. The molecule has 2 heterocycles. The van der Waals surface area contributed by atoms with Crippen molar-refractivity contribution in [3.8, 4) is 22.8 Å². The summed E-state index contributed by atoms with van der Waals surface area (Å²) in [4.78, 5) is 8.56. The average Bonchev–Trinajstić information content (AvgIpc) is 3.05. The Bertz CT molecular complexity index is 793. The summed E-state index contributed by atoms with van der Waals surface area (Å²) in [7, 11) is 1.59. The summed E-state index contributed by atoms with van der Waals surface area (Å²) in [6.45, 7) is 0.292. The number of methoxy groups -OCH3 is 1. The Hall–Kier alpha value is -2.09. The van der Waals surface area contributed by atoms with Crippen LogP contribution in [0, 0.1) is 0 Å². The normalized spacial score (nSPS) is 10.9. The van der Waals surface area contributed by atoms with E-state index in [9.17, 15) is 0 Å². The molecule has 0 spiro atoms. The minimum atomic E-state index is 0.292. The third-order valence-electron chi connectivity index (χ3n) is 2.98. The molecule has 3 aromatic rings. The second-order valence-electron chi connectivity index (χ2n) is 4.35. The third kappa shape index (κ3) is 2.78. The summed E-state index contributed by atoms with van der Waals surface area (Å²) in [5.41, 5.74) is 2.76. The molecule has 3 rings (SSSR count). The number of nitrogens with zero attached hydrogens (tertiary/aromatic N) is 5. The lowest BCUT2D eigenvalue weighted by atomic mass is 10.0. The summed E-state index contributed by atoms with van der Waals surface area (Å²) in [5, 5.41) is 14.8. The predicted octanol–water partition coefficient (Wildman–Crippen LogP) is 2.78. The Morgan fingerprint density at radius 2 is 1.95 bits per heavy atom. The van der Waals surface area contributed by atoms with Crippen LogP contribution in [-0.4, -0.2) is 37.7 Å². The molecule has 0 aliphatic carbocycles. The van der Waals surface area contributed by atoms with Gasteiger partial charge in [-0.15, -0.1) is 10.2 Å². The highest BCUT2D eigenvalue weighted by molar-refractivity contribution is 6.42. The molecule has 0 atom stereocenters. The van der Waals surface area contributed by atoms with E-state index in [1.165, 1.54) is 6.33 Å². The summed E-state index contributed by atoms with van der Waals surface area (Å²) < 4.78 is 5.26. The molecule has 0 bridgehead atoms. The minimum absolute atomic E-state index is 0.292. The Balaban J connectivity index is 2.18. The third-order valence-corrected chi connectivity index (χ3v) is 3.72. The van der Waals surface area contributed by atoms with Gasteiger partial charge in [-0.3, -0.25) is 0 Å². The lowest BCUT2D eigenvalue weighted by Gasteiger charge is -2.11. The number of ether oxygens (including phenoxy) is 1. The van der Waals surface area contributed by atoms with E-state index in [1.54, 1.807) is 19.2 Å². The first-order chi connectivity index (χ1) is 10.7. The van der Waals surface area contributed by atoms with Crippen molar-refractivity contribution in [3.05, 3.63) is 40.1 Å². The molecule has 0 saturated carbocycles. The Labute approximate surface area is 135 Å². The van der Waals surface area contributed by atoms with Crippen molar-refractivity contribution in [2.75, 3.05) is 7.11 Å². The van der Waals surface area contributed by atoms with Gasteiger partial charge in [-0.1, -0.05) is 29.3 Å². The van der Waals surface area contributed by atoms with E-state index < -0.39 is 0 Å². The van der Waals surface area contributed by atoms with Crippen molar-refractivity contribution in [3.63, 3.8) is 0 Å². The smallest absolute Gasteiger partial charge is 0.223 e. The summed E-state index contributed by atoms with van der Waals surface area (Å²) in [5.74, 6) is 0.371. The fourth-order valence-corrected chi connectivity index (χ4v) is 2.34. The molecule has 0 unspecified atom stereocenters. The first-order valence-corrected chi connectivity index (χ1v) is 6.98. The van der Waals surface area contributed by atoms with Crippen molar-refractivity contribution in [2.45, 2.75) is 6.61 Å². The number of hydrogen-bond donors (Lipinski definition) is 1. The Morgan fingerprint density at radius 1 is 1.14 bits per heavy atom. The number of H-pyrrole nitrogens is 1. The van der Waals surface area contributed by atoms with Crippen molar-refractivity contribution in [1.82, 2.24) is 30.6 Å².